The van der Waals surface area contributed by atoms with Crippen molar-refractivity contribution < 1.29 is 13.5 Å². The van der Waals surface area contributed by atoms with Crippen molar-refractivity contribution in [3.05, 3.63) is 23.5 Å². The molecular formula is C8H11ClN2O3S. The molecule has 1 aromatic rings. The number of aliphatic hydroxyl groups is 1. The Hall–Kier alpha value is -0.690. The van der Waals surface area contributed by atoms with Crippen LogP contribution in [-0.4, -0.2) is 31.2 Å². The van der Waals surface area contributed by atoms with Crippen LogP contribution in [0.5, 0.6) is 0 Å². The molecule has 1 rings (SSSR count). The van der Waals surface area contributed by atoms with Crippen LogP contribution in [0.2, 0.25) is 5.02 Å². The van der Waals surface area contributed by atoms with Crippen molar-refractivity contribution in [2.75, 3.05) is 6.54 Å². The standard InChI is InChI=1S/C8H11ClN2O3S/c1-6(12)4-11-15(13,14)8-5-10-3-2-7(8)9/h2-3,5-6,11-12H,4H2,1H3. The van der Waals surface area contributed by atoms with Crippen LogP contribution in [0.1, 0.15) is 6.92 Å². The van der Waals surface area contributed by atoms with E-state index in [2.05, 4.69) is 9.71 Å². The van der Waals surface area contributed by atoms with E-state index in [1.165, 1.54) is 19.2 Å². The van der Waals surface area contributed by atoms with Crippen LogP contribution in [-0.2, 0) is 10.0 Å². The molecule has 84 valence electrons. The third-order valence-electron chi connectivity index (χ3n) is 1.59. The number of hydrogen-bond acceptors (Lipinski definition) is 4. The summed E-state index contributed by atoms with van der Waals surface area (Å²) in [5, 5.41) is 9.06. The maximum Gasteiger partial charge on any atom is 0.243 e. The molecule has 0 saturated carbocycles. The van der Waals surface area contributed by atoms with Gasteiger partial charge in [0.25, 0.3) is 0 Å². The molecule has 1 unspecified atom stereocenters. The molecule has 0 aliphatic heterocycles. The molecular weight excluding hydrogens is 240 g/mol. The fourth-order valence-electron chi connectivity index (χ4n) is 0.869. The Balaban J connectivity index is 2.92. The van der Waals surface area contributed by atoms with Crippen molar-refractivity contribution in [1.82, 2.24) is 9.71 Å². The summed E-state index contributed by atoms with van der Waals surface area (Å²) >= 11 is 5.70. The molecule has 0 aromatic carbocycles. The highest BCUT2D eigenvalue weighted by Crippen LogP contribution is 2.18. The van der Waals surface area contributed by atoms with E-state index in [0.29, 0.717) is 0 Å². The predicted molar refractivity (Wildman–Crippen MR) is 56.1 cm³/mol. The van der Waals surface area contributed by atoms with Gasteiger partial charge in [0.2, 0.25) is 10.0 Å². The quantitative estimate of drug-likeness (QED) is 0.811. The number of aliphatic hydroxyl groups excluding tert-OH is 1. The average Bonchev–Trinajstić information content (AvgIpc) is 2.15. The van der Waals surface area contributed by atoms with E-state index in [1.54, 1.807) is 0 Å². The van der Waals surface area contributed by atoms with E-state index in [4.69, 9.17) is 16.7 Å². The zero-order valence-electron chi connectivity index (χ0n) is 8.01. The van der Waals surface area contributed by atoms with Gasteiger partial charge in [-0.25, -0.2) is 13.1 Å². The largest absolute Gasteiger partial charge is 0.392 e. The Labute approximate surface area is 93.2 Å². The number of aromatic nitrogens is 1. The average molecular weight is 251 g/mol. The van der Waals surface area contributed by atoms with Gasteiger partial charge < -0.3 is 5.11 Å². The maximum absolute atomic E-state index is 11.6. The summed E-state index contributed by atoms with van der Waals surface area (Å²) < 4.78 is 25.4. The monoisotopic (exact) mass is 250 g/mol. The summed E-state index contributed by atoms with van der Waals surface area (Å²) in [6.45, 7) is 1.42. The summed E-state index contributed by atoms with van der Waals surface area (Å²) in [5.74, 6) is 0. The van der Waals surface area contributed by atoms with Crippen LogP contribution in [0.25, 0.3) is 0 Å². The zero-order valence-corrected chi connectivity index (χ0v) is 9.59. The van der Waals surface area contributed by atoms with Crippen LogP contribution < -0.4 is 4.72 Å². The highest BCUT2D eigenvalue weighted by atomic mass is 35.5. The number of sulfonamides is 1. The number of nitrogens with zero attached hydrogens (tertiary/aromatic N) is 1. The predicted octanol–water partition coefficient (Wildman–Crippen LogP) is 0.394. The molecule has 1 aromatic heterocycles. The first-order chi connectivity index (χ1) is 6.93. The Kier molecular flexibility index (Phi) is 4.04. The molecule has 0 bridgehead atoms. The molecule has 1 atom stereocenters. The first kappa shape index (κ1) is 12.4. The highest BCUT2D eigenvalue weighted by Gasteiger charge is 2.17. The maximum atomic E-state index is 11.6. The molecule has 0 fully saturated rings. The van der Waals surface area contributed by atoms with Gasteiger partial charge in [0.05, 0.1) is 11.1 Å². The number of nitrogens with one attached hydrogen (secondary N) is 1. The summed E-state index contributed by atoms with van der Waals surface area (Å²) in [4.78, 5) is 3.58. The van der Waals surface area contributed by atoms with Gasteiger partial charge in [0.1, 0.15) is 4.90 Å². The smallest absolute Gasteiger partial charge is 0.243 e. The third-order valence-corrected chi connectivity index (χ3v) is 3.49. The fraction of sp³-hybridized carbons (Fsp3) is 0.375. The first-order valence-electron chi connectivity index (χ1n) is 4.20. The Morgan fingerprint density at radius 2 is 2.33 bits per heavy atom. The van der Waals surface area contributed by atoms with E-state index in [9.17, 15) is 8.42 Å². The number of rotatable bonds is 4. The molecule has 0 aliphatic rings. The lowest BCUT2D eigenvalue weighted by Gasteiger charge is -2.08. The second-order valence-electron chi connectivity index (χ2n) is 3.01. The molecule has 0 spiro atoms. The second kappa shape index (κ2) is 4.89. The van der Waals surface area contributed by atoms with Crippen LogP contribution in [0.3, 0.4) is 0 Å². The van der Waals surface area contributed by atoms with E-state index >= 15 is 0 Å². The van der Waals surface area contributed by atoms with E-state index in [0.717, 1.165) is 6.20 Å². The summed E-state index contributed by atoms with van der Waals surface area (Å²) in [5.41, 5.74) is 0. The third kappa shape index (κ3) is 3.42. The molecule has 5 nitrogen and oxygen atoms in total. The molecule has 2 N–H and O–H groups in total. The van der Waals surface area contributed by atoms with Crippen LogP contribution in [0.4, 0.5) is 0 Å². The summed E-state index contributed by atoms with van der Waals surface area (Å²) in [6, 6.07) is 1.39. The minimum Gasteiger partial charge on any atom is -0.392 e. The Morgan fingerprint density at radius 1 is 1.67 bits per heavy atom. The van der Waals surface area contributed by atoms with Gasteiger partial charge in [-0.05, 0) is 13.0 Å². The SMILES string of the molecule is CC(O)CNS(=O)(=O)c1cnccc1Cl. The Bertz CT molecular complexity index is 433. The van der Waals surface area contributed by atoms with Gasteiger partial charge in [-0.15, -0.1) is 0 Å². The minimum atomic E-state index is -3.69. The zero-order chi connectivity index (χ0) is 11.5. The molecule has 0 radical (unpaired) electrons. The number of pyridine rings is 1. The summed E-state index contributed by atoms with van der Waals surface area (Å²) in [6.07, 6.45) is 1.80. The van der Waals surface area contributed by atoms with Crippen LogP contribution >= 0.6 is 11.6 Å². The lowest BCUT2D eigenvalue weighted by molar-refractivity contribution is 0.198. The van der Waals surface area contributed by atoms with Crippen LogP contribution in [0, 0.1) is 0 Å². The van der Waals surface area contributed by atoms with E-state index in [1.807, 2.05) is 0 Å². The highest BCUT2D eigenvalue weighted by molar-refractivity contribution is 7.89. The normalized spacial score (nSPS) is 13.8. The van der Waals surface area contributed by atoms with Crippen molar-refractivity contribution in [2.45, 2.75) is 17.9 Å². The fourth-order valence-corrected chi connectivity index (χ4v) is 2.42. The van der Waals surface area contributed by atoms with Gasteiger partial charge in [-0.2, -0.15) is 0 Å². The molecule has 1 heterocycles. The van der Waals surface area contributed by atoms with Crippen molar-refractivity contribution in [3.63, 3.8) is 0 Å². The van der Waals surface area contributed by atoms with Crippen molar-refractivity contribution in [2.24, 2.45) is 0 Å². The number of hydrogen-bond donors (Lipinski definition) is 2. The molecule has 7 heteroatoms. The van der Waals surface area contributed by atoms with Crippen molar-refractivity contribution in [1.29, 1.82) is 0 Å². The molecule has 15 heavy (non-hydrogen) atoms. The summed E-state index contributed by atoms with van der Waals surface area (Å²) in [7, 11) is -3.69. The van der Waals surface area contributed by atoms with E-state index in [-0.39, 0.29) is 16.5 Å². The van der Waals surface area contributed by atoms with E-state index < -0.39 is 16.1 Å². The molecule has 0 saturated heterocycles. The van der Waals surface area contributed by atoms with Gasteiger partial charge in [0, 0.05) is 18.9 Å². The number of halogens is 1. The lowest BCUT2D eigenvalue weighted by Crippen LogP contribution is -2.30. The minimum absolute atomic E-state index is 0.0619. The Morgan fingerprint density at radius 3 is 2.87 bits per heavy atom. The van der Waals surface area contributed by atoms with Gasteiger partial charge in [0.15, 0.2) is 0 Å². The van der Waals surface area contributed by atoms with Gasteiger partial charge in [-0.3, -0.25) is 4.98 Å². The van der Waals surface area contributed by atoms with Crippen molar-refractivity contribution >= 4 is 21.6 Å². The topological polar surface area (TPSA) is 79.3 Å². The van der Waals surface area contributed by atoms with Gasteiger partial charge in [-0.1, -0.05) is 11.6 Å². The molecule has 0 aliphatic carbocycles. The first-order valence-corrected chi connectivity index (χ1v) is 6.07. The lowest BCUT2D eigenvalue weighted by atomic mass is 10.4. The molecule has 0 amide bonds. The second-order valence-corrected chi connectivity index (χ2v) is 5.15. The van der Waals surface area contributed by atoms with Crippen molar-refractivity contribution in [3.8, 4) is 0 Å². The van der Waals surface area contributed by atoms with Crippen LogP contribution in [0.15, 0.2) is 23.4 Å². The van der Waals surface area contributed by atoms with Gasteiger partial charge >= 0.3 is 0 Å².